The molecule has 1 N–H and O–H groups in total. The summed E-state index contributed by atoms with van der Waals surface area (Å²) in [7, 11) is 0. The van der Waals surface area contributed by atoms with E-state index in [1.807, 2.05) is 4.90 Å². The maximum atomic E-state index is 13.2. The Morgan fingerprint density at radius 2 is 1.88 bits per heavy atom. The smallest absolute Gasteiger partial charge is 0.254 e. The molecule has 0 bridgehead atoms. The number of piperidine rings is 1. The summed E-state index contributed by atoms with van der Waals surface area (Å²) in [5.41, 5.74) is 2.59. The normalized spacial score (nSPS) is 24.8. The predicted molar refractivity (Wildman–Crippen MR) is 95.9 cm³/mol. The third-order valence-corrected chi connectivity index (χ3v) is 6.25. The van der Waals surface area contributed by atoms with Crippen LogP contribution in [0.2, 0.25) is 0 Å². The summed E-state index contributed by atoms with van der Waals surface area (Å²) in [6, 6.07) is 1.53. The van der Waals surface area contributed by atoms with Gasteiger partial charge in [-0.1, -0.05) is 0 Å². The number of hydrogen-bond donors (Lipinski definition) is 1. The van der Waals surface area contributed by atoms with E-state index in [-0.39, 0.29) is 11.5 Å². The lowest BCUT2D eigenvalue weighted by atomic mass is 9.80. The second-order valence-corrected chi connectivity index (χ2v) is 7.81. The third kappa shape index (κ3) is 3.52. The van der Waals surface area contributed by atoms with Crippen molar-refractivity contribution in [3.05, 3.63) is 33.2 Å². The molecule has 2 saturated heterocycles. The molecule has 0 saturated carbocycles. The van der Waals surface area contributed by atoms with Gasteiger partial charge in [0, 0.05) is 43.6 Å². The Balaban J connectivity index is 1.54. The zero-order chi connectivity index (χ0) is 17.2. The van der Waals surface area contributed by atoms with Crippen molar-refractivity contribution in [1.82, 2.24) is 9.88 Å². The monoisotopic (exact) mass is 344 g/mol. The number of likely N-dealkylation sites (tertiary alicyclic amines) is 1. The molecule has 3 heterocycles. The maximum absolute atomic E-state index is 13.2. The molecular weight excluding hydrogens is 316 g/mol. The van der Waals surface area contributed by atoms with Gasteiger partial charge in [0.25, 0.3) is 5.91 Å². The molecule has 1 aliphatic carbocycles. The molecule has 5 nitrogen and oxygen atoms in total. The van der Waals surface area contributed by atoms with Gasteiger partial charge in [-0.15, -0.1) is 0 Å². The zero-order valence-electron chi connectivity index (χ0n) is 14.9. The average molecular weight is 344 g/mol. The van der Waals surface area contributed by atoms with Crippen LogP contribution in [-0.4, -0.2) is 42.1 Å². The van der Waals surface area contributed by atoms with E-state index < -0.39 is 0 Å². The molecule has 2 aliphatic heterocycles. The van der Waals surface area contributed by atoms with Gasteiger partial charge in [-0.2, -0.15) is 0 Å². The molecule has 0 aromatic carbocycles. The molecule has 4 rings (SSSR count). The molecule has 1 atom stereocenters. The lowest BCUT2D eigenvalue weighted by Gasteiger charge is -2.38. The Bertz CT molecular complexity index is 691. The molecule has 0 radical (unpaired) electrons. The Hall–Kier alpha value is -1.62. The van der Waals surface area contributed by atoms with Crippen LogP contribution >= 0.6 is 0 Å². The van der Waals surface area contributed by atoms with Crippen LogP contribution < -0.4 is 5.56 Å². The number of amides is 1. The van der Waals surface area contributed by atoms with Crippen LogP contribution in [0.4, 0.5) is 0 Å². The number of nitrogens with one attached hydrogen (secondary N) is 1. The number of H-pyrrole nitrogens is 1. The van der Waals surface area contributed by atoms with Crippen molar-refractivity contribution in [2.24, 2.45) is 11.8 Å². The van der Waals surface area contributed by atoms with Crippen molar-refractivity contribution >= 4 is 5.91 Å². The van der Waals surface area contributed by atoms with Crippen molar-refractivity contribution in [2.75, 3.05) is 26.3 Å². The fraction of sp³-hybridized carbons (Fsp3) is 0.700. The van der Waals surface area contributed by atoms with Crippen LogP contribution in [0.3, 0.4) is 0 Å². The van der Waals surface area contributed by atoms with Crippen LogP contribution in [-0.2, 0) is 17.6 Å². The summed E-state index contributed by atoms with van der Waals surface area (Å²) in [4.78, 5) is 30.2. The van der Waals surface area contributed by atoms with Crippen molar-refractivity contribution < 1.29 is 9.53 Å². The molecule has 136 valence electrons. The number of carbonyl (C=O) groups is 1. The highest BCUT2D eigenvalue weighted by Gasteiger charge is 2.32. The van der Waals surface area contributed by atoms with E-state index >= 15 is 0 Å². The molecule has 25 heavy (non-hydrogen) atoms. The fourth-order valence-corrected chi connectivity index (χ4v) is 4.87. The lowest BCUT2D eigenvalue weighted by molar-refractivity contribution is 0.0252. The topological polar surface area (TPSA) is 62.4 Å². The van der Waals surface area contributed by atoms with Crippen molar-refractivity contribution in [3.8, 4) is 0 Å². The molecule has 1 amide bonds. The van der Waals surface area contributed by atoms with E-state index in [2.05, 4.69) is 4.98 Å². The molecule has 3 aliphatic rings. The third-order valence-electron chi connectivity index (χ3n) is 6.25. The Morgan fingerprint density at radius 3 is 2.72 bits per heavy atom. The zero-order valence-corrected chi connectivity index (χ0v) is 14.9. The van der Waals surface area contributed by atoms with Crippen LogP contribution in [0.25, 0.3) is 0 Å². The van der Waals surface area contributed by atoms with Gasteiger partial charge in [0.1, 0.15) is 0 Å². The van der Waals surface area contributed by atoms with Gasteiger partial charge in [-0.05, 0) is 68.8 Å². The Kier molecular flexibility index (Phi) is 4.93. The van der Waals surface area contributed by atoms with Gasteiger partial charge >= 0.3 is 0 Å². The molecule has 2 fully saturated rings. The minimum atomic E-state index is -0.137. The summed E-state index contributed by atoms with van der Waals surface area (Å²) in [5.74, 6) is 1.33. The first-order valence-electron chi connectivity index (χ1n) is 9.84. The largest absolute Gasteiger partial charge is 0.381 e. The van der Waals surface area contributed by atoms with E-state index in [0.29, 0.717) is 17.4 Å². The van der Waals surface area contributed by atoms with Crippen molar-refractivity contribution in [2.45, 2.75) is 51.4 Å². The fourth-order valence-electron chi connectivity index (χ4n) is 4.87. The van der Waals surface area contributed by atoms with Crippen molar-refractivity contribution in [3.63, 3.8) is 0 Å². The van der Waals surface area contributed by atoms with Crippen molar-refractivity contribution in [1.29, 1.82) is 0 Å². The number of aromatic nitrogens is 1. The highest BCUT2D eigenvalue weighted by molar-refractivity contribution is 5.96. The van der Waals surface area contributed by atoms with Gasteiger partial charge in [0.2, 0.25) is 5.56 Å². The van der Waals surface area contributed by atoms with Gasteiger partial charge in [0.15, 0.2) is 0 Å². The molecule has 1 aromatic heterocycles. The van der Waals surface area contributed by atoms with Gasteiger partial charge in [0.05, 0.1) is 0 Å². The van der Waals surface area contributed by atoms with E-state index in [4.69, 9.17) is 4.74 Å². The quantitative estimate of drug-likeness (QED) is 0.897. The van der Waals surface area contributed by atoms with Crippen LogP contribution in [0.1, 0.15) is 60.1 Å². The first-order chi connectivity index (χ1) is 12.2. The van der Waals surface area contributed by atoms with E-state index in [1.54, 1.807) is 0 Å². The molecular formula is C20H28N2O3. The van der Waals surface area contributed by atoms with Gasteiger partial charge in [-0.25, -0.2) is 0 Å². The summed E-state index contributed by atoms with van der Waals surface area (Å²) >= 11 is 0. The number of rotatable bonds is 2. The second kappa shape index (κ2) is 7.32. The van der Waals surface area contributed by atoms with E-state index in [1.165, 1.54) is 12.5 Å². The molecule has 1 aromatic rings. The molecule has 5 heteroatoms. The summed E-state index contributed by atoms with van der Waals surface area (Å²) in [6.45, 7) is 3.37. The van der Waals surface area contributed by atoms with Gasteiger partial charge in [-0.3, -0.25) is 9.59 Å². The second-order valence-electron chi connectivity index (χ2n) is 7.81. The van der Waals surface area contributed by atoms with Gasteiger partial charge < -0.3 is 14.6 Å². The van der Waals surface area contributed by atoms with Crippen LogP contribution in [0.5, 0.6) is 0 Å². The molecule has 0 spiro atoms. The minimum absolute atomic E-state index is 0.0704. The summed E-state index contributed by atoms with van der Waals surface area (Å²) in [5, 5.41) is 0. The first-order valence-corrected chi connectivity index (χ1v) is 9.84. The van der Waals surface area contributed by atoms with Crippen LogP contribution in [0.15, 0.2) is 10.9 Å². The van der Waals surface area contributed by atoms with E-state index in [0.717, 1.165) is 82.5 Å². The lowest BCUT2D eigenvalue weighted by Crippen LogP contribution is -2.43. The van der Waals surface area contributed by atoms with Crippen LogP contribution in [0, 0.1) is 11.8 Å². The number of nitrogens with zero attached hydrogens (tertiary/aromatic N) is 1. The maximum Gasteiger partial charge on any atom is 0.254 e. The number of hydrogen-bond acceptors (Lipinski definition) is 3. The average Bonchev–Trinajstić information content (AvgIpc) is 2.67. The number of aromatic amines is 1. The summed E-state index contributed by atoms with van der Waals surface area (Å²) < 4.78 is 5.49. The minimum Gasteiger partial charge on any atom is -0.381 e. The Morgan fingerprint density at radius 1 is 1.08 bits per heavy atom. The Labute approximate surface area is 148 Å². The number of pyridine rings is 1. The van der Waals surface area contributed by atoms with E-state index in [9.17, 15) is 9.59 Å². The highest BCUT2D eigenvalue weighted by Crippen LogP contribution is 2.32. The number of carbonyl (C=O) groups excluding carboxylic acids is 1. The molecule has 1 unspecified atom stereocenters. The summed E-state index contributed by atoms with van der Waals surface area (Å²) in [6.07, 6.45) is 8.50. The highest BCUT2D eigenvalue weighted by atomic mass is 16.5. The number of ether oxygens (including phenoxy) is 1. The predicted octanol–water partition coefficient (Wildman–Crippen LogP) is 2.53. The standard InChI is InChI=1S/C20H28N2O3/c23-19-12-17(16-5-1-2-6-18(16)21-19)20(24)22-9-3-4-15(13-22)14-7-10-25-11-8-14/h12,14-15H,1-11,13H2,(H,21,23). The number of aryl methyl sites for hydroxylation is 1. The SMILES string of the molecule is O=C(c1cc(=O)[nH]c2c1CCCC2)N1CCCC(C2CCOCC2)C1. The first kappa shape index (κ1) is 16.8. The number of fused-ring (bicyclic) bond motifs is 1.